The lowest BCUT2D eigenvalue weighted by Gasteiger charge is -2.11. The van der Waals surface area contributed by atoms with Crippen molar-refractivity contribution in [2.45, 2.75) is 12.6 Å². The predicted octanol–water partition coefficient (Wildman–Crippen LogP) is 4.46. The number of fused-ring (bicyclic) bond motifs is 1. The third kappa shape index (κ3) is 5.21. The van der Waals surface area contributed by atoms with Gasteiger partial charge >= 0.3 is 12.1 Å². The van der Waals surface area contributed by atoms with Gasteiger partial charge in [-0.2, -0.15) is 13.2 Å². The number of hydrogen-bond acceptors (Lipinski definition) is 3. The van der Waals surface area contributed by atoms with Crippen LogP contribution in [0.1, 0.15) is 16.1 Å². The second-order valence-electron chi connectivity index (χ2n) is 6.44. The summed E-state index contributed by atoms with van der Waals surface area (Å²) in [6.45, 7) is 0.628. The number of nitrogens with zero attached hydrogens (tertiary/aromatic N) is 1. The van der Waals surface area contributed by atoms with Gasteiger partial charge in [-0.1, -0.05) is 11.6 Å². The van der Waals surface area contributed by atoms with Crippen LogP contribution in [0.4, 0.5) is 17.6 Å². The zero-order chi connectivity index (χ0) is 22.8. The normalized spacial score (nSPS) is 13.0. The zero-order valence-electron chi connectivity index (χ0n) is 15.6. The summed E-state index contributed by atoms with van der Waals surface area (Å²) in [6, 6.07) is 9.95. The second kappa shape index (κ2) is 8.76. The minimum atomic E-state index is -5.08. The van der Waals surface area contributed by atoms with Crippen LogP contribution in [0.15, 0.2) is 42.6 Å². The largest absolute Gasteiger partial charge is 0.490 e. The van der Waals surface area contributed by atoms with Crippen LogP contribution in [0, 0.1) is 5.82 Å². The Hall–Kier alpha value is -3.40. The highest BCUT2D eigenvalue weighted by Crippen LogP contribution is 2.29. The summed E-state index contributed by atoms with van der Waals surface area (Å²) in [4.78, 5) is 28.3. The molecule has 0 saturated carbocycles. The number of carbonyl (C=O) groups is 2. The minimum absolute atomic E-state index is 0.0724. The Labute approximate surface area is 177 Å². The Morgan fingerprint density at radius 1 is 1.13 bits per heavy atom. The SMILES string of the molecule is O=C(O)C(F)(F)F.O=C1NCCc2[nH]c(-c3ccnc(-c4ccc(Cl)cc4F)c3)cc21. The molecule has 0 atom stereocenters. The summed E-state index contributed by atoms with van der Waals surface area (Å²) >= 11 is 5.80. The number of nitrogens with one attached hydrogen (secondary N) is 2. The maximum Gasteiger partial charge on any atom is 0.490 e. The number of carbonyl (C=O) groups excluding carboxylic acids is 1. The molecule has 3 N–H and O–H groups in total. The fourth-order valence-corrected chi connectivity index (χ4v) is 3.05. The van der Waals surface area contributed by atoms with E-state index in [1.165, 1.54) is 6.07 Å². The van der Waals surface area contributed by atoms with E-state index in [-0.39, 0.29) is 5.91 Å². The van der Waals surface area contributed by atoms with Gasteiger partial charge in [-0.05, 0) is 36.4 Å². The molecule has 1 amide bonds. The van der Waals surface area contributed by atoms with E-state index in [1.54, 1.807) is 24.4 Å². The van der Waals surface area contributed by atoms with Crippen LogP contribution in [0.5, 0.6) is 0 Å². The van der Waals surface area contributed by atoms with Gasteiger partial charge in [0.05, 0.1) is 11.3 Å². The molecule has 6 nitrogen and oxygen atoms in total. The van der Waals surface area contributed by atoms with E-state index in [4.69, 9.17) is 21.5 Å². The van der Waals surface area contributed by atoms with E-state index in [0.717, 1.165) is 23.4 Å². The highest BCUT2D eigenvalue weighted by molar-refractivity contribution is 6.30. The Morgan fingerprint density at radius 2 is 1.84 bits per heavy atom. The molecule has 4 rings (SSSR count). The molecule has 11 heteroatoms. The summed E-state index contributed by atoms with van der Waals surface area (Å²) in [7, 11) is 0. The van der Waals surface area contributed by atoms with Gasteiger partial charge < -0.3 is 15.4 Å². The number of carboxylic acids is 1. The standard InChI is InChI=1S/C18H13ClFN3O.C2HF3O2/c19-11-1-2-12(14(20)8-11)17-7-10(3-5-21-17)16-9-13-15(23-16)4-6-22-18(13)24;3-2(4,5)1(6)7/h1-3,5,7-9,23H,4,6H2,(H,22,24);(H,6,7). The Balaban J connectivity index is 0.000000339. The van der Waals surface area contributed by atoms with Gasteiger partial charge in [0, 0.05) is 46.7 Å². The van der Waals surface area contributed by atoms with Crippen molar-refractivity contribution in [1.82, 2.24) is 15.3 Å². The number of alkyl halides is 3. The van der Waals surface area contributed by atoms with Crippen molar-refractivity contribution in [3.63, 3.8) is 0 Å². The number of aromatic nitrogens is 2. The maximum atomic E-state index is 14.1. The molecule has 0 fully saturated rings. The molecule has 162 valence electrons. The highest BCUT2D eigenvalue weighted by atomic mass is 35.5. The fourth-order valence-electron chi connectivity index (χ4n) is 2.89. The van der Waals surface area contributed by atoms with Gasteiger partial charge in [-0.15, -0.1) is 0 Å². The first kappa shape index (κ1) is 22.3. The van der Waals surface area contributed by atoms with E-state index >= 15 is 0 Å². The lowest BCUT2D eigenvalue weighted by Crippen LogP contribution is -2.31. The van der Waals surface area contributed by atoms with Crippen molar-refractivity contribution in [3.8, 4) is 22.5 Å². The van der Waals surface area contributed by atoms with Crippen LogP contribution in [0.2, 0.25) is 5.02 Å². The molecule has 0 aliphatic carbocycles. The number of carboxylic acid groups (broad SMARTS) is 1. The van der Waals surface area contributed by atoms with Crippen LogP contribution in [0.3, 0.4) is 0 Å². The molecule has 3 heterocycles. The third-order valence-corrected chi connectivity index (χ3v) is 4.56. The topological polar surface area (TPSA) is 95.1 Å². The van der Waals surface area contributed by atoms with E-state index in [2.05, 4.69) is 15.3 Å². The number of aromatic amines is 1. The fraction of sp³-hybridized carbons (Fsp3) is 0.150. The number of aliphatic carboxylic acids is 1. The average molecular weight is 456 g/mol. The lowest BCUT2D eigenvalue weighted by atomic mass is 10.1. The highest BCUT2D eigenvalue weighted by Gasteiger charge is 2.38. The van der Waals surface area contributed by atoms with Crippen molar-refractivity contribution in [1.29, 1.82) is 0 Å². The smallest absolute Gasteiger partial charge is 0.475 e. The predicted molar refractivity (Wildman–Crippen MR) is 104 cm³/mol. The van der Waals surface area contributed by atoms with E-state index in [9.17, 15) is 22.4 Å². The van der Waals surface area contributed by atoms with Crippen molar-refractivity contribution < 1.29 is 32.3 Å². The van der Waals surface area contributed by atoms with Crippen molar-refractivity contribution >= 4 is 23.5 Å². The first-order chi connectivity index (χ1) is 14.6. The zero-order valence-corrected chi connectivity index (χ0v) is 16.3. The molecule has 0 bridgehead atoms. The molecule has 0 spiro atoms. The molecule has 2 aromatic heterocycles. The van der Waals surface area contributed by atoms with Crippen LogP contribution >= 0.6 is 11.6 Å². The molecular formula is C20H14ClF4N3O3. The van der Waals surface area contributed by atoms with Gasteiger partial charge in [0.2, 0.25) is 0 Å². The van der Waals surface area contributed by atoms with E-state index in [0.29, 0.717) is 28.4 Å². The van der Waals surface area contributed by atoms with Crippen LogP contribution in [0.25, 0.3) is 22.5 Å². The molecule has 1 aromatic carbocycles. The Kier molecular flexibility index (Phi) is 6.30. The summed E-state index contributed by atoms with van der Waals surface area (Å²) in [5.41, 5.74) is 4.14. The first-order valence-corrected chi connectivity index (χ1v) is 9.16. The molecular weight excluding hydrogens is 442 g/mol. The molecule has 1 aliphatic heterocycles. The number of rotatable bonds is 2. The monoisotopic (exact) mass is 455 g/mol. The number of benzene rings is 1. The van der Waals surface area contributed by atoms with Crippen LogP contribution < -0.4 is 5.32 Å². The summed E-state index contributed by atoms with van der Waals surface area (Å²) in [5.74, 6) is -3.25. The molecule has 31 heavy (non-hydrogen) atoms. The van der Waals surface area contributed by atoms with Gasteiger partial charge in [-0.25, -0.2) is 9.18 Å². The third-order valence-electron chi connectivity index (χ3n) is 4.33. The van der Waals surface area contributed by atoms with Gasteiger partial charge in [0.25, 0.3) is 5.91 Å². The number of H-pyrrole nitrogens is 1. The second-order valence-corrected chi connectivity index (χ2v) is 6.87. The Morgan fingerprint density at radius 3 is 2.45 bits per heavy atom. The number of halogens is 5. The molecule has 0 saturated heterocycles. The molecule has 1 aliphatic rings. The lowest BCUT2D eigenvalue weighted by molar-refractivity contribution is -0.192. The molecule has 3 aromatic rings. The summed E-state index contributed by atoms with van der Waals surface area (Å²) < 4.78 is 45.9. The molecule has 0 unspecified atom stereocenters. The maximum absolute atomic E-state index is 14.1. The average Bonchev–Trinajstić information content (AvgIpc) is 3.14. The van der Waals surface area contributed by atoms with Crippen molar-refractivity contribution in [3.05, 3.63) is 64.7 Å². The summed E-state index contributed by atoms with van der Waals surface area (Å²) in [5, 5.41) is 10.3. The first-order valence-electron chi connectivity index (χ1n) is 8.78. The van der Waals surface area contributed by atoms with Crippen LogP contribution in [-0.2, 0) is 11.2 Å². The minimum Gasteiger partial charge on any atom is -0.475 e. The quantitative estimate of drug-likeness (QED) is 0.497. The van der Waals surface area contributed by atoms with Crippen molar-refractivity contribution in [2.75, 3.05) is 6.54 Å². The number of hydrogen-bond donors (Lipinski definition) is 3. The van der Waals surface area contributed by atoms with Gasteiger partial charge in [-0.3, -0.25) is 9.78 Å². The van der Waals surface area contributed by atoms with Crippen LogP contribution in [-0.4, -0.2) is 39.7 Å². The van der Waals surface area contributed by atoms with Crippen molar-refractivity contribution in [2.24, 2.45) is 0 Å². The molecule has 0 radical (unpaired) electrons. The number of amides is 1. The number of pyridine rings is 1. The van der Waals surface area contributed by atoms with Gasteiger partial charge in [0.1, 0.15) is 5.82 Å². The Bertz CT molecular complexity index is 1140. The van der Waals surface area contributed by atoms with Gasteiger partial charge in [0.15, 0.2) is 0 Å². The van der Waals surface area contributed by atoms with E-state index < -0.39 is 18.0 Å². The van der Waals surface area contributed by atoms with E-state index in [1.807, 2.05) is 12.1 Å². The summed E-state index contributed by atoms with van der Waals surface area (Å²) in [6.07, 6.45) is -2.69.